The van der Waals surface area contributed by atoms with Crippen molar-refractivity contribution >= 4 is 11.8 Å². The predicted octanol–water partition coefficient (Wildman–Crippen LogP) is 4.06. The lowest BCUT2D eigenvalue weighted by Crippen LogP contribution is -2.14. The Hall–Kier alpha value is -1.68. The lowest BCUT2D eigenvalue weighted by molar-refractivity contribution is -0.137. The van der Waals surface area contributed by atoms with Gasteiger partial charge in [-0.05, 0) is 37.7 Å². The van der Waals surface area contributed by atoms with E-state index in [0.29, 0.717) is 6.42 Å². The zero-order valence-electron chi connectivity index (χ0n) is 14.6. The standard InChI is InChI=1S/C20H30O4/c1-2-3-6-10-17(21)13-14-18-16(12-15-19(18)22)9-7-4-5-8-11-20(23)24/h4,7,12-18,21H,2-3,5-6,8-11H2,1H3,(H,23,24)/b7-4-,14-13+/t16-,17+,18+/m1/s1. The van der Waals surface area contributed by atoms with Crippen LogP contribution in [0.25, 0.3) is 0 Å². The maximum atomic E-state index is 12.0. The Kier molecular flexibility index (Phi) is 10.0. The Bertz CT molecular complexity index is 476. The Morgan fingerprint density at radius 3 is 2.79 bits per heavy atom. The third-order valence-electron chi connectivity index (χ3n) is 4.28. The summed E-state index contributed by atoms with van der Waals surface area (Å²) in [5.41, 5.74) is 0. The molecular weight excluding hydrogens is 304 g/mol. The molecule has 3 atom stereocenters. The Balaban J connectivity index is 2.38. The number of carboxylic acid groups (broad SMARTS) is 1. The van der Waals surface area contributed by atoms with Gasteiger partial charge in [-0.2, -0.15) is 0 Å². The molecule has 0 saturated heterocycles. The smallest absolute Gasteiger partial charge is 0.303 e. The van der Waals surface area contributed by atoms with Crippen molar-refractivity contribution in [2.24, 2.45) is 11.8 Å². The van der Waals surface area contributed by atoms with Crippen LogP contribution in [0.3, 0.4) is 0 Å². The number of aliphatic hydroxyl groups excluding tert-OH is 1. The molecule has 0 unspecified atom stereocenters. The zero-order chi connectivity index (χ0) is 17.8. The normalized spacial score (nSPS) is 22.0. The minimum absolute atomic E-state index is 0.0938. The molecule has 0 bridgehead atoms. The van der Waals surface area contributed by atoms with Gasteiger partial charge in [0.15, 0.2) is 5.78 Å². The van der Waals surface area contributed by atoms with Crippen molar-refractivity contribution in [3.63, 3.8) is 0 Å². The SMILES string of the molecule is CCCCC[C@H](O)/C=C/[C@@H]1C(=O)C=C[C@H]1C/C=C\CCCC(=O)O. The minimum Gasteiger partial charge on any atom is -0.481 e. The summed E-state index contributed by atoms with van der Waals surface area (Å²) < 4.78 is 0. The molecule has 1 aliphatic carbocycles. The van der Waals surface area contributed by atoms with E-state index in [1.165, 1.54) is 0 Å². The van der Waals surface area contributed by atoms with E-state index < -0.39 is 12.1 Å². The molecule has 0 saturated carbocycles. The maximum absolute atomic E-state index is 12.0. The molecule has 0 aromatic rings. The van der Waals surface area contributed by atoms with Crippen LogP contribution in [0.1, 0.15) is 58.3 Å². The Morgan fingerprint density at radius 1 is 1.29 bits per heavy atom. The number of rotatable bonds is 12. The lowest BCUT2D eigenvalue weighted by Gasteiger charge is -2.13. The van der Waals surface area contributed by atoms with Gasteiger partial charge >= 0.3 is 5.97 Å². The highest BCUT2D eigenvalue weighted by Crippen LogP contribution is 2.27. The summed E-state index contributed by atoms with van der Waals surface area (Å²) in [6.45, 7) is 2.13. The van der Waals surface area contributed by atoms with E-state index >= 15 is 0 Å². The van der Waals surface area contributed by atoms with Crippen molar-refractivity contribution < 1.29 is 19.8 Å². The van der Waals surface area contributed by atoms with Crippen LogP contribution < -0.4 is 0 Å². The van der Waals surface area contributed by atoms with Gasteiger partial charge in [0, 0.05) is 12.3 Å². The number of ketones is 1. The van der Waals surface area contributed by atoms with Crippen LogP contribution in [0, 0.1) is 11.8 Å². The number of aliphatic carboxylic acids is 1. The molecular formula is C20H30O4. The first kappa shape index (κ1) is 20.4. The largest absolute Gasteiger partial charge is 0.481 e. The first-order valence-corrected chi connectivity index (χ1v) is 8.99. The molecule has 1 aliphatic rings. The second kappa shape index (κ2) is 11.8. The summed E-state index contributed by atoms with van der Waals surface area (Å²) in [7, 11) is 0. The van der Waals surface area contributed by atoms with Crippen LogP contribution in [0.15, 0.2) is 36.5 Å². The predicted molar refractivity (Wildman–Crippen MR) is 95.7 cm³/mol. The molecule has 2 N–H and O–H groups in total. The number of carboxylic acids is 1. The highest BCUT2D eigenvalue weighted by molar-refractivity contribution is 5.95. The molecule has 0 amide bonds. The van der Waals surface area contributed by atoms with Crippen LogP contribution >= 0.6 is 0 Å². The number of aliphatic hydroxyl groups is 1. The van der Waals surface area contributed by atoms with E-state index in [4.69, 9.17) is 5.11 Å². The molecule has 4 nitrogen and oxygen atoms in total. The molecule has 0 aliphatic heterocycles. The first-order chi connectivity index (χ1) is 11.5. The summed E-state index contributed by atoms with van der Waals surface area (Å²) in [4.78, 5) is 22.4. The van der Waals surface area contributed by atoms with Crippen LogP contribution in [0.2, 0.25) is 0 Å². The zero-order valence-corrected chi connectivity index (χ0v) is 14.6. The summed E-state index contributed by atoms with van der Waals surface area (Å²) in [5.74, 6) is -0.728. The van der Waals surface area contributed by atoms with Crippen LogP contribution in [0.4, 0.5) is 0 Å². The van der Waals surface area contributed by atoms with Crippen molar-refractivity contribution in [3.8, 4) is 0 Å². The number of carbonyl (C=O) groups excluding carboxylic acids is 1. The third kappa shape index (κ3) is 8.25. The van der Waals surface area contributed by atoms with Gasteiger partial charge in [0.25, 0.3) is 0 Å². The molecule has 1 rings (SSSR count). The van der Waals surface area contributed by atoms with E-state index in [2.05, 4.69) is 6.92 Å². The second-order valence-electron chi connectivity index (χ2n) is 6.39. The number of unbranched alkanes of at least 4 members (excludes halogenated alkanes) is 3. The average molecular weight is 334 g/mol. The molecule has 0 aromatic heterocycles. The quantitative estimate of drug-likeness (QED) is 0.417. The second-order valence-corrected chi connectivity index (χ2v) is 6.39. The van der Waals surface area contributed by atoms with E-state index in [0.717, 1.165) is 38.5 Å². The number of carbonyl (C=O) groups is 2. The molecule has 0 spiro atoms. The summed E-state index contributed by atoms with van der Waals surface area (Å²) in [6.07, 6.45) is 17.0. The fourth-order valence-corrected chi connectivity index (χ4v) is 2.81. The minimum atomic E-state index is -0.768. The van der Waals surface area contributed by atoms with Gasteiger partial charge < -0.3 is 10.2 Å². The van der Waals surface area contributed by atoms with Crippen molar-refractivity contribution in [2.45, 2.75) is 64.4 Å². The van der Waals surface area contributed by atoms with Crippen molar-refractivity contribution in [1.29, 1.82) is 0 Å². The van der Waals surface area contributed by atoms with Crippen LogP contribution in [-0.2, 0) is 9.59 Å². The topological polar surface area (TPSA) is 74.6 Å². The van der Waals surface area contributed by atoms with E-state index in [-0.39, 0.29) is 24.0 Å². The van der Waals surface area contributed by atoms with E-state index in [1.807, 2.05) is 24.3 Å². The molecule has 0 fully saturated rings. The molecule has 0 heterocycles. The molecule has 24 heavy (non-hydrogen) atoms. The highest BCUT2D eigenvalue weighted by Gasteiger charge is 2.26. The first-order valence-electron chi connectivity index (χ1n) is 8.99. The van der Waals surface area contributed by atoms with Crippen LogP contribution in [0.5, 0.6) is 0 Å². The van der Waals surface area contributed by atoms with Crippen LogP contribution in [-0.4, -0.2) is 28.1 Å². The maximum Gasteiger partial charge on any atom is 0.303 e. The van der Waals surface area contributed by atoms with Crippen molar-refractivity contribution in [3.05, 3.63) is 36.5 Å². The Labute approximate surface area is 145 Å². The highest BCUT2D eigenvalue weighted by atomic mass is 16.4. The van der Waals surface area contributed by atoms with Gasteiger partial charge in [-0.25, -0.2) is 0 Å². The number of hydrogen-bond donors (Lipinski definition) is 2. The number of hydrogen-bond acceptors (Lipinski definition) is 3. The fraction of sp³-hybridized carbons (Fsp3) is 0.600. The average Bonchev–Trinajstić information content (AvgIpc) is 2.89. The monoisotopic (exact) mass is 334 g/mol. The summed E-state index contributed by atoms with van der Waals surface area (Å²) in [6, 6.07) is 0. The third-order valence-corrected chi connectivity index (χ3v) is 4.28. The van der Waals surface area contributed by atoms with Gasteiger partial charge in [0.2, 0.25) is 0 Å². The number of allylic oxidation sites excluding steroid dienone is 5. The van der Waals surface area contributed by atoms with Gasteiger partial charge in [-0.3, -0.25) is 9.59 Å². The van der Waals surface area contributed by atoms with Crippen molar-refractivity contribution in [1.82, 2.24) is 0 Å². The molecule has 4 heteroatoms. The van der Waals surface area contributed by atoms with Gasteiger partial charge in [-0.1, -0.05) is 56.6 Å². The summed E-state index contributed by atoms with van der Waals surface area (Å²) in [5, 5.41) is 18.5. The van der Waals surface area contributed by atoms with E-state index in [1.54, 1.807) is 12.2 Å². The lowest BCUT2D eigenvalue weighted by atomic mass is 9.90. The Morgan fingerprint density at radius 2 is 2.08 bits per heavy atom. The van der Waals surface area contributed by atoms with Gasteiger partial charge in [0.05, 0.1) is 6.10 Å². The van der Waals surface area contributed by atoms with Gasteiger partial charge in [0.1, 0.15) is 0 Å². The molecule has 0 aromatic carbocycles. The fourth-order valence-electron chi connectivity index (χ4n) is 2.81. The molecule has 0 radical (unpaired) electrons. The molecule has 134 valence electrons. The van der Waals surface area contributed by atoms with E-state index in [9.17, 15) is 14.7 Å². The van der Waals surface area contributed by atoms with Gasteiger partial charge in [-0.15, -0.1) is 0 Å². The summed E-state index contributed by atoms with van der Waals surface area (Å²) >= 11 is 0. The van der Waals surface area contributed by atoms with Crippen molar-refractivity contribution in [2.75, 3.05) is 0 Å².